The molecule has 4 rings (SSSR count). The number of amides is 2. The molecule has 0 atom stereocenters. The zero-order valence-corrected chi connectivity index (χ0v) is 18.1. The van der Waals surface area contributed by atoms with Crippen LogP contribution < -0.4 is 9.47 Å². The van der Waals surface area contributed by atoms with E-state index >= 15 is 0 Å². The average molecular weight is 425 g/mol. The molecule has 1 fully saturated rings. The number of carbonyl (C=O) groups excluding carboxylic acids is 2. The van der Waals surface area contributed by atoms with Crippen molar-refractivity contribution < 1.29 is 23.5 Å². The van der Waals surface area contributed by atoms with Gasteiger partial charge in [-0.05, 0) is 36.4 Å². The van der Waals surface area contributed by atoms with Gasteiger partial charge in [0.25, 0.3) is 11.8 Å². The number of hydrogen-bond acceptors (Lipinski definition) is 7. The van der Waals surface area contributed by atoms with Gasteiger partial charge in [-0.25, -0.2) is 0 Å². The topological polar surface area (TPSA) is 75.5 Å². The molecule has 2 aromatic rings. The number of likely N-dealkylation sites (N-methyl/N-ethyl adjacent to an activating group) is 1. The summed E-state index contributed by atoms with van der Waals surface area (Å²) in [6.45, 7) is 6.25. The van der Waals surface area contributed by atoms with Crippen molar-refractivity contribution in [1.82, 2.24) is 14.7 Å². The summed E-state index contributed by atoms with van der Waals surface area (Å²) in [7, 11) is 3.11. The van der Waals surface area contributed by atoms with E-state index in [0.717, 1.165) is 19.6 Å². The van der Waals surface area contributed by atoms with Crippen molar-refractivity contribution in [3.05, 3.63) is 53.6 Å². The Morgan fingerprint density at radius 2 is 1.71 bits per heavy atom. The molecule has 0 aliphatic carbocycles. The SMILES string of the molecule is CCN1CCN(C2=C(c3ccc(OC)c(OC)c3)C(=O)N(Cc3ccco3)C2=O)CC1. The minimum Gasteiger partial charge on any atom is -0.493 e. The standard InChI is InChI=1S/C23H27N3O5/c1-4-24-9-11-25(12-10-24)21-20(16-7-8-18(29-2)19(14-16)30-3)22(27)26(23(21)28)15-17-6-5-13-31-17/h5-8,13-14H,4,9-12,15H2,1-3H3. The molecule has 0 unspecified atom stereocenters. The molecule has 8 nitrogen and oxygen atoms in total. The number of methoxy groups -OCH3 is 2. The minimum atomic E-state index is -0.332. The number of rotatable bonds is 7. The molecule has 0 saturated carbocycles. The second-order valence-corrected chi connectivity index (χ2v) is 7.49. The number of carbonyl (C=O) groups is 2. The summed E-state index contributed by atoms with van der Waals surface area (Å²) in [6, 6.07) is 8.79. The summed E-state index contributed by atoms with van der Waals surface area (Å²) in [4.78, 5) is 32.5. The first-order valence-electron chi connectivity index (χ1n) is 10.4. The number of hydrogen-bond donors (Lipinski definition) is 0. The third kappa shape index (κ3) is 3.90. The van der Waals surface area contributed by atoms with E-state index in [4.69, 9.17) is 13.9 Å². The largest absolute Gasteiger partial charge is 0.493 e. The second kappa shape index (κ2) is 8.85. The van der Waals surface area contributed by atoms with Gasteiger partial charge in [0.05, 0.1) is 32.6 Å². The summed E-state index contributed by atoms with van der Waals surface area (Å²) in [5.74, 6) is 1.00. The molecule has 1 aromatic carbocycles. The monoisotopic (exact) mass is 425 g/mol. The Hall–Kier alpha value is -3.26. The van der Waals surface area contributed by atoms with Crippen LogP contribution in [0.1, 0.15) is 18.2 Å². The molecule has 0 radical (unpaired) electrons. The minimum absolute atomic E-state index is 0.0971. The highest BCUT2D eigenvalue weighted by Gasteiger charge is 2.42. The molecule has 31 heavy (non-hydrogen) atoms. The molecule has 2 aliphatic rings. The van der Waals surface area contributed by atoms with Crippen LogP contribution in [0.25, 0.3) is 5.57 Å². The smallest absolute Gasteiger partial charge is 0.278 e. The summed E-state index contributed by atoms with van der Waals surface area (Å²) in [5.41, 5.74) is 1.47. The van der Waals surface area contributed by atoms with Crippen molar-refractivity contribution in [1.29, 1.82) is 0 Å². The van der Waals surface area contributed by atoms with Gasteiger partial charge in [-0.15, -0.1) is 0 Å². The zero-order valence-electron chi connectivity index (χ0n) is 18.1. The van der Waals surface area contributed by atoms with Gasteiger partial charge in [-0.1, -0.05) is 13.0 Å². The van der Waals surface area contributed by atoms with Crippen molar-refractivity contribution in [3.63, 3.8) is 0 Å². The number of furan rings is 1. The average Bonchev–Trinajstić information content (AvgIpc) is 3.41. The summed E-state index contributed by atoms with van der Waals surface area (Å²) < 4.78 is 16.1. The van der Waals surface area contributed by atoms with Crippen LogP contribution in [-0.4, -0.2) is 73.5 Å². The molecule has 1 saturated heterocycles. The van der Waals surface area contributed by atoms with Crippen molar-refractivity contribution in [3.8, 4) is 11.5 Å². The second-order valence-electron chi connectivity index (χ2n) is 7.49. The molecule has 8 heteroatoms. The lowest BCUT2D eigenvalue weighted by atomic mass is 10.0. The number of ether oxygens (including phenoxy) is 2. The molecule has 0 spiro atoms. The van der Waals surface area contributed by atoms with Crippen LogP contribution >= 0.6 is 0 Å². The maximum Gasteiger partial charge on any atom is 0.278 e. The van der Waals surface area contributed by atoms with Crippen molar-refractivity contribution in [2.45, 2.75) is 13.5 Å². The maximum atomic E-state index is 13.5. The van der Waals surface area contributed by atoms with Gasteiger partial charge in [0.15, 0.2) is 11.5 Å². The fraction of sp³-hybridized carbons (Fsp3) is 0.391. The summed E-state index contributed by atoms with van der Waals surface area (Å²) in [6.07, 6.45) is 1.54. The highest BCUT2D eigenvalue weighted by Crippen LogP contribution is 2.37. The molecule has 3 heterocycles. The first-order valence-corrected chi connectivity index (χ1v) is 10.4. The molecule has 2 aliphatic heterocycles. The highest BCUT2D eigenvalue weighted by molar-refractivity contribution is 6.35. The summed E-state index contributed by atoms with van der Waals surface area (Å²) >= 11 is 0. The molecule has 0 N–H and O–H groups in total. The molecule has 0 bridgehead atoms. The Balaban J connectivity index is 1.75. The van der Waals surface area contributed by atoms with Crippen molar-refractivity contribution in [2.24, 2.45) is 0 Å². The predicted molar refractivity (Wildman–Crippen MR) is 114 cm³/mol. The molecule has 2 amide bonds. The first-order chi connectivity index (χ1) is 15.1. The summed E-state index contributed by atoms with van der Waals surface area (Å²) in [5, 5.41) is 0. The lowest BCUT2D eigenvalue weighted by Gasteiger charge is -2.36. The van der Waals surface area contributed by atoms with Crippen molar-refractivity contribution >= 4 is 17.4 Å². The molecule has 1 aromatic heterocycles. The van der Waals surface area contributed by atoms with Crippen LogP contribution in [0, 0.1) is 0 Å². The predicted octanol–water partition coefficient (Wildman–Crippen LogP) is 2.21. The Kier molecular flexibility index (Phi) is 5.99. The lowest BCUT2D eigenvalue weighted by Crippen LogP contribution is -2.47. The van der Waals surface area contributed by atoms with E-state index in [2.05, 4.69) is 11.8 Å². The Labute approximate surface area is 181 Å². The first kappa shape index (κ1) is 21.0. The van der Waals surface area contributed by atoms with Crippen LogP contribution in [-0.2, 0) is 16.1 Å². The number of benzene rings is 1. The van der Waals surface area contributed by atoms with E-state index in [1.54, 1.807) is 44.6 Å². The Morgan fingerprint density at radius 1 is 0.968 bits per heavy atom. The van der Waals surface area contributed by atoms with E-state index in [9.17, 15) is 9.59 Å². The van der Waals surface area contributed by atoms with Gasteiger partial charge in [0.1, 0.15) is 11.5 Å². The van der Waals surface area contributed by atoms with Gasteiger partial charge in [0, 0.05) is 26.2 Å². The maximum absolute atomic E-state index is 13.5. The van der Waals surface area contributed by atoms with E-state index in [-0.39, 0.29) is 18.4 Å². The number of piperazine rings is 1. The Bertz CT molecular complexity index is 991. The van der Waals surface area contributed by atoms with E-state index in [1.807, 2.05) is 4.90 Å². The third-order valence-electron chi connectivity index (χ3n) is 5.85. The molecular formula is C23H27N3O5. The van der Waals surface area contributed by atoms with Gasteiger partial charge in [0.2, 0.25) is 0 Å². The van der Waals surface area contributed by atoms with Gasteiger partial charge in [-0.3, -0.25) is 14.5 Å². The van der Waals surface area contributed by atoms with Gasteiger partial charge >= 0.3 is 0 Å². The van der Waals surface area contributed by atoms with Crippen LogP contribution in [0.4, 0.5) is 0 Å². The lowest BCUT2D eigenvalue weighted by molar-refractivity contribution is -0.138. The van der Waals surface area contributed by atoms with Gasteiger partial charge < -0.3 is 23.7 Å². The fourth-order valence-electron chi connectivity index (χ4n) is 4.10. The van der Waals surface area contributed by atoms with Crippen LogP contribution in [0.5, 0.6) is 11.5 Å². The van der Waals surface area contributed by atoms with Crippen molar-refractivity contribution in [2.75, 3.05) is 46.9 Å². The fourth-order valence-corrected chi connectivity index (χ4v) is 4.10. The van der Waals surface area contributed by atoms with E-state index in [1.165, 1.54) is 11.2 Å². The zero-order chi connectivity index (χ0) is 22.0. The van der Waals surface area contributed by atoms with Gasteiger partial charge in [-0.2, -0.15) is 0 Å². The molecule has 164 valence electrons. The van der Waals surface area contributed by atoms with E-state index in [0.29, 0.717) is 47.2 Å². The molecular weight excluding hydrogens is 398 g/mol. The Morgan fingerprint density at radius 3 is 2.32 bits per heavy atom. The number of nitrogens with zero attached hydrogens (tertiary/aromatic N) is 3. The van der Waals surface area contributed by atoms with E-state index < -0.39 is 0 Å². The highest BCUT2D eigenvalue weighted by atomic mass is 16.5. The van der Waals surface area contributed by atoms with Crippen LogP contribution in [0.15, 0.2) is 46.7 Å². The van der Waals surface area contributed by atoms with Crippen LogP contribution in [0.3, 0.4) is 0 Å². The third-order valence-corrected chi connectivity index (χ3v) is 5.85. The number of imide groups is 1. The quantitative estimate of drug-likeness (QED) is 0.630. The van der Waals surface area contributed by atoms with Crippen LogP contribution in [0.2, 0.25) is 0 Å². The normalized spacial score (nSPS) is 17.6.